The number of allylic oxidation sites excluding steroid dienone is 2. The summed E-state index contributed by atoms with van der Waals surface area (Å²) >= 11 is 0. The minimum Gasteiger partial charge on any atom is -0.392 e. The van der Waals surface area contributed by atoms with Crippen molar-refractivity contribution in [2.45, 2.75) is 76.9 Å². The van der Waals surface area contributed by atoms with Crippen molar-refractivity contribution in [3.05, 3.63) is 59.2 Å². The van der Waals surface area contributed by atoms with Crippen LogP contribution in [0.5, 0.6) is 0 Å². The number of rotatable bonds is 10. The first-order valence-corrected chi connectivity index (χ1v) is 12.6. The molecule has 0 amide bonds. The van der Waals surface area contributed by atoms with Crippen LogP contribution >= 0.6 is 0 Å². The number of benzene rings is 1. The maximum Gasteiger partial charge on any atom is 0.0761 e. The number of aliphatic hydroxyl groups is 2. The van der Waals surface area contributed by atoms with E-state index < -0.39 is 6.10 Å². The van der Waals surface area contributed by atoms with E-state index in [1.165, 1.54) is 63.7 Å². The number of aryl methyl sites for hydroxylation is 1. The molecule has 2 aliphatic carbocycles. The molecule has 31 heavy (non-hydrogen) atoms. The SMILES string of the molecule is Cc1cccc(C[C@@H](O)C=C[C@@H]2[C@H]3CC(CCCCCN4CCCC4)=C[C@H]3C[C@H]2O)c1. The number of hydrogen-bond acceptors (Lipinski definition) is 3. The van der Waals surface area contributed by atoms with Gasteiger partial charge in [-0.25, -0.2) is 0 Å². The summed E-state index contributed by atoms with van der Waals surface area (Å²) in [6, 6.07) is 8.34. The number of unbranched alkanes of at least 4 members (excludes halogenated alkanes) is 2. The monoisotopic (exact) mass is 423 g/mol. The lowest BCUT2D eigenvalue weighted by molar-refractivity contribution is 0.140. The molecule has 1 heterocycles. The summed E-state index contributed by atoms with van der Waals surface area (Å²) in [4.78, 5) is 2.62. The van der Waals surface area contributed by atoms with Crippen molar-refractivity contribution in [2.24, 2.45) is 17.8 Å². The standard InChI is InChI=1S/C28H41NO2/c1-21-8-7-10-22(16-21)18-25(30)11-12-26-27-19-23(17-24(27)20-28(26)31)9-3-2-4-13-29-14-5-6-15-29/h7-8,10-12,16-17,24-28,30-31H,2-6,9,13-15,18-20H2,1H3/t24-,25-,26+,27-,28+/m0/s1. The predicted molar refractivity (Wildman–Crippen MR) is 128 cm³/mol. The first-order chi connectivity index (χ1) is 15.1. The van der Waals surface area contributed by atoms with E-state index in [-0.39, 0.29) is 12.0 Å². The number of fused-ring (bicyclic) bond motifs is 1. The smallest absolute Gasteiger partial charge is 0.0761 e. The van der Waals surface area contributed by atoms with Crippen molar-refractivity contribution in [3.8, 4) is 0 Å². The summed E-state index contributed by atoms with van der Waals surface area (Å²) in [7, 11) is 0. The zero-order valence-corrected chi connectivity index (χ0v) is 19.3. The van der Waals surface area contributed by atoms with Crippen LogP contribution < -0.4 is 0 Å². The Kier molecular flexibility index (Phi) is 8.03. The van der Waals surface area contributed by atoms with Crippen LogP contribution in [0.4, 0.5) is 0 Å². The summed E-state index contributed by atoms with van der Waals surface area (Å²) < 4.78 is 0. The van der Waals surface area contributed by atoms with Gasteiger partial charge in [-0.3, -0.25) is 0 Å². The molecule has 1 aromatic rings. The molecule has 0 radical (unpaired) electrons. The van der Waals surface area contributed by atoms with Crippen LogP contribution in [0.3, 0.4) is 0 Å². The molecule has 0 bridgehead atoms. The van der Waals surface area contributed by atoms with Crippen molar-refractivity contribution in [1.82, 2.24) is 4.90 Å². The molecular formula is C28H41NO2. The van der Waals surface area contributed by atoms with E-state index in [1.807, 2.05) is 12.1 Å². The molecule has 3 nitrogen and oxygen atoms in total. The van der Waals surface area contributed by atoms with Gasteiger partial charge < -0.3 is 15.1 Å². The van der Waals surface area contributed by atoms with Crippen LogP contribution in [-0.4, -0.2) is 47.0 Å². The van der Waals surface area contributed by atoms with Gasteiger partial charge in [-0.05, 0) is 88.9 Å². The molecule has 3 aliphatic rings. The Morgan fingerprint density at radius 3 is 2.81 bits per heavy atom. The molecule has 1 aliphatic heterocycles. The molecule has 0 spiro atoms. The average molecular weight is 424 g/mol. The van der Waals surface area contributed by atoms with Gasteiger partial charge in [-0.15, -0.1) is 0 Å². The van der Waals surface area contributed by atoms with Crippen molar-refractivity contribution in [3.63, 3.8) is 0 Å². The van der Waals surface area contributed by atoms with Crippen molar-refractivity contribution in [1.29, 1.82) is 0 Å². The van der Waals surface area contributed by atoms with E-state index in [1.54, 1.807) is 5.57 Å². The van der Waals surface area contributed by atoms with Crippen LogP contribution in [0.25, 0.3) is 0 Å². The number of hydrogen-bond donors (Lipinski definition) is 2. The van der Waals surface area contributed by atoms with Gasteiger partial charge >= 0.3 is 0 Å². The van der Waals surface area contributed by atoms with E-state index in [2.05, 4.69) is 42.2 Å². The Morgan fingerprint density at radius 2 is 2.00 bits per heavy atom. The Morgan fingerprint density at radius 1 is 1.16 bits per heavy atom. The average Bonchev–Trinajstić information content (AvgIpc) is 3.43. The number of likely N-dealkylation sites (tertiary alicyclic amines) is 1. The zero-order valence-electron chi connectivity index (χ0n) is 19.3. The highest BCUT2D eigenvalue weighted by Crippen LogP contribution is 2.48. The highest BCUT2D eigenvalue weighted by atomic mass is 16.3. The minimum absolute atomic E-state index is 0.182. The first-order valence-electron chi connectivity index (χ1n) is 12.6. The lowest BCUT2D eigenvalue weighted by Gasteiger charge is -2.19. The molecule has 3 heteroatoms. The maximum atomic E-state index is 10.6. The number of nitrogens with zero attached hydrogens (tertiary/aromatic N) is 1. The fourth-order valence-electron chi connectivity index (χ4n) is 6.07. The summed E-state index contributed by atoms with van der Waals surface area (Å²) in [6.07, 6.45) is 16.4. The Hall–Kier alpha value is -1.42. The second-order valence-electron chi connectivity index (χ2n) is 10.2. The molecule has 5 atom stereocenters. The fraction of sp³-hybridized carbons (Fsp3) is 0.643. The van der Waals surface area contributed by atoms with Crippen molar-refractivity contribution < 1.29 is 10.2 Å². The van der Waals surface area contributed by atoms with Gasteiger partial charge in [-0.2, -0.15) is 0 Å². The number of aliphatic hydroxyl groups excluding tert-OH is 2. The van der Waals surface area contributed by atoms with E-state index in [4.69, 9.17) is 0 Å². The van der Waals surface area contributed by atoms with Crippen molar-refractivity contribution >= 4 is 0 Å². The van der Waals surface area contributed by atoms with Gasteiger partial charge in [0, 0.05) is 12.3 Å². The molecule has 0 aromatic heterocycles. The largest absolute Gasteiger partial charge is 0.392 e. The van der Waals surface area contributed by atoms with E-state index in [0.717, 1.165) is 18.4 Å². The summed E-state index contributed by atoms with van der Waals surface area (Å²) in [5.41, 5.74) is 4.00. The van der Waals surface area contributed by atoms with E-state index in [0.29, 0.717) is 18.3 Å². The molecule has 1 saturated carbocycles. The van der Waals surface area contributed by atoms with Gasteiger partial charge in [0.25, 0.3) is 0 Å². The third kappa shape index (κ3) is 6.31. The Labute approximate surface area is 188 Å². The second kappa shape index (κ2) is 10.9. The zero-order chi connectivity index (χ0) is 21.6. The van der Waals surface area contributed by atoms with Crippen LogP contribution in [0.15, 0.2) is 48.1 Å². The third-order valence-electron chi connectivity index (χ3n) is 7.70. The first kappa shape index (κ1) is 22.8. The molecular weight excluding hydrogens is 382 g/mol. The molecule has 1 saturated heterocycles. The van der Waals surface area contributed by atoms with E-state index in [9.17, 15) is 10.2 Å². The lowest BCUT2D eigenvalue weighted by atomic mass is 9.88. The lowest BCUT2D eigenvalue weighted by Crippen LogP contribution is -2.20. The topological polar surface area (TPSA) is 43.7 Å². The second-order valence-corrected chi connectivity index (χ2v) is 10.2. The molecule has 1 aromatic carbocycles. The molecule has 2 N–H and O–H groups in total. The third-order valence-corrected chi connectivity index (χ3v) is 7.70. The Balaban J connectivity index is 1.20. The highest BCUT2D eigenvalue weighted by molar-refractivity contribution is 5.24. The van der Waals surface area contributed by atoms with Crippen LogP contribution in [0, 0.1) is 24.7 Å². The van der Waals surface area contributed by atoms with Crippen LogP contribution in [0.1, 0.15) is 62.5 Å². The molecule has 0 unspecified atom stereocenters. The maximum absolute atomic E-state index is 10.6. The highest BCUT2D eigenvalue weighted by Gasteiger charge is 2.43. The molecule has 4 rings (SSSR count). The summed E-state index contributed by atoms with van der Waals surface area (Å²) in [6.45, 7) is 5.99. The minimum atomic E-state index is -0.488. The quantitative estimate of drug-likeness (QED) is 0.409. The van der Waals surface area contributed by atoms with Gasteiger partial charge in [0.15, 0.2) is 0 Å². The van der Waals surface area contributed by atoms with Crippen LogP contribution in [-0.2, 0) is 6.42 Å². The Bertz CT molecular complexity index is 764. The van der Waals surface area contributed by atoms with Gasteiger partial charge in [0.2, 0.25) is 0 Å². The van der Waals surface area contributed by atoms with Crippen molar-refractivity contribution in [2.75, 3.05) is 19.6 Å². The van der Waals surface area contributed by atoms with Gasteiger partial charge in [0.05, 0.1) is 12.2 Å². The normalized spacial score (nSPS) is 29.6. The summed E-state index contributed by atoms with van der Waals surface area (Å²) in [5, 5.41) is 21.1. The van der Waals surface area contributed by atoms with Crippen LogP contribution in [0.2, 0.25) is 0 Å². The van der Waals surface area contributed by atoms with E-state index >= 15 is 0 Å². The molecule has 170 valence electrons. The predicted octanol–water partition coefficient (Wildman–Crippen LogP) is 5.05. The fourth-order valence-corrected chi connectivity index (χ4v) is 6.07. The molecule has 2 fully saturated rings. The summed E-state index contributed by atoms with van der Waals surface area (Å²) in [5.74, 6) is 1.23. The van der Waals surface area contributed by atoms with Gasteiger partial charge in [0.1, 0.15) is 0 Å². The van der Waals surface area contributed by atoms with Gasteiger partial charge in [-0.1, -0.05) is 60.1 Å².